The van der Waals surface area contributed by atoms with E-state index in [1.807, 2.05) is 6.08 Å². The Morgan fingerprint density at radius 2 is 2.46 bits per heavy atom. The van der Waals surface area contributed by atoms with Gasteiger partial charge in [-0.15, -0.1) is 6.58 Å². The number of hydrogen-bond acceptors (Lipinski definition) is 2. The Morgan fingerprint density at radius 3 is 3.00 bits per heavy atom. The maximum Gasteiger partial charge on any atom is 0.0160 e. The number of rotatable bonds is 6. The average molecular weight is 182 g/mol. The van der Waals surface area contributed by atoms with Gasteiger partial charge in [-0.25, -0.2) is 0 Å². The molecule has 0 aromatic rings. The van der Waals surface area contributed by atoms with Gasteiger partial charge in [0.2, 0.25) is 0 Å². The van der Waals surface area contributed by atoms with Gasteiger partial charge in [0, 0.05) is 12.6 Å². The van der Waals surface area contributed by atoms with Crippen LogP contribution in [0.3, 0.4) is 0 Å². The summed E-state index contributed by atoms with van der Waals surface area (Å²) in [5.41, 5.74) is 0. The van der Waals surface area contributed by atoms with Crippen molar-refractivity contribution in [2.75, 3.05) is 26.2 Å². The maximum absolute atomic E-state index is 3.77. The molecule has 0 aromatic heterocycles. The minimum atomic E-state index is 0.777. The molecule has 2 heteroatoms. The van der Waals surface area contributed by atoms with Gasteiger partial charge in [-0.1, -0.05) is 13.0 Å². The van der Waals surface area contributed by atoms with E-state index in [2.05, 4.69) is 23.7 Å². The maximum atomic E-state index is 3.77. The molecule has 1 N–H and O–H groups in total. The topological polar surface area (TPSA) is 15.3 Å². The summed E-state index contributed by atoms with van der Waals surface area (Å²) in [6.07, 6.45) is 6.01. The lowest BCUT2D eigenvalue weighted by Gasteiger charge is -2.20. The third-order valence-electron chi connectivity index (χ3n) is 2.79. The first kappa shape index (κ1) is 10.7. The molecule has 1 rings (SSSR count). The van der Waals surface area contributed by atoms with Crippen molar-refractivity contribution in [3.63, 3.8) is 0 Å². The van der Waals surface area contributed by atoms with Gasteiger partial charge in [-0.2, -0.15) is 0 Å². The molecule has 1 aliphatic rings. The second kappa shape index (κ2) is 6.17. The van der Waals surface area contributed by atoms with Gasteiger partial charge >= 0.3 is 0 Å². The van der Waals surface area contributed by atoms with Crippen LogP contribution in [-0.4, -0.2) is 37.1 Å². The summed E-state index contributed by atoms with van der Waals surface area (Å²) in [5, 5.41) is 3.53. The van der Waals surface area contributed by atoms with Crippen LogP contribution in [0.1, 0.15) is 26.2 Å². The molecule has 0 saturated carbocycles. The van der Waals surface area contributed by atoms with Crippen LogP contribution in [0.15, 0.2) is 12.7 Å². The highest BCUT2D eigenvalue weighted by atomic mass is 15.1. The van der Waals surface area contributed by atoms with Crippen LogP contribution in [0.25, 0.3) is 0 Å². The monoisotopic (exact) mass is 182 g/mol. The standard InChI is InChI=1S/C11H22N2/c1-3-9-13(4-2)10-7-11-6-5-8-12-11/h3,11-12H,1,4-10H2,2H3. The SMILES string of the molecule is C=CCN(CC)CCC1CCCN1. The van der Waals surface area contributed by atoms with E-state index in [9.17, 15) is 0 Å². The summed E-state index contributed by atoms with van der Waals surface area (Å²) in [6.45, 7) is 10.6. The second-order valence-electron chi connectivity index (χ2n) is 3.76. The van der Waals surface area contributed by atoms with E-state index < -0.39 is 0 Å². The Morgan fingerprint density at radius 1 is 1.62 bits per heavy atom. The highest BCUT2D eigenvalue weighted by molar-refractivity contribution is 4.78. The van der Waals surface area contributed by atoms with E-state index in [0.717, 1.165) is 19.1 Å². The molecule has 13 heavy (non-hydrogen) atoms. The van der Waals surface area contributed by atoms with Crippen molar-refractivity contribution in [3.8, 4) is 0 Å². The van der Waals surface area contributed by atoms with Crippen molar-refractivity contribution in [1.82, 2.24) is 10.2 Å². The van der Waals surface area contributed by atoms with Gasteiger partial charge in [-0.05, 0) is 38.9 Å². The zero-order chi connectivity index (χ0) is 9.52. The molecule has 0 spiro atoms. The van der Waals surface area contributed by atoms with Gasteiger partial charge in [0.15, 0.2) is 0 Å². The molecule has 0 amide bonds. The average Bonchev–Trinajstić information content (AvgIpc) is 2.64. The van der Waals surface area contributed by atoms with Crippen LogP contribution in [-0.2, 0) is 0 Å². The Labute approximate surface area is 82.0 Å². The van der Waals surface area contributed by atoms with Crippen LogP contribution in [0.4, 0.5) is 0 Å². The highest BCUT2D eigenvalue weighted by Gasteiger charge is 2.14. The van der Waals surface area contributed by atoms with Crippen molar-refractivity contribution < 1.29 is 0 Å². The van der Waals surface area contributed by atoms with Crippen LogP contribution in [0.2, 0.25) is 0 Å². The first-order valence-corrected chi connectivity index (χ1v) is 5.43. The first-order chi connectivity index (χ1) is 6.36. The van der Waals surface area contributed by atoms with E-state index in [4.69, 9.17) is 0 Å². The zero-order valence-electron chi connectivity index (χ0n) is 8.76. The van der Waals surface area contributed by atoms with Crippen molar-refractivity contribution in [3.05, 3.63) is 12.7 Å². The fraction of sp³-hybridized carbons (Fsp3) is 0.818. The number of nitrogens with one attached hydrogen (secondary N) is 1. The lowest BCUT2D eigenvalue weighted by Crippen LogP contribution is -2.30. The molecule has 1 heterocycles. The summed E-state index contributed by atoms with van der Waals surface area (Å²) < 4.78 is 0. The Balaban J connectivity index is 2.10. The molecule has 1 aliphatic heterocycles. The molecule has 1 fully saturated rings. The van der Waals surface area contributed by atoms with Crippen LogP contribution >= 0.6 is 0 Å². The molecule has 1 unspecified atom stereocenters. The van der Waals surface area contributed by atoms with Crippen molar-refractivity contribution in [2.24, 2.45) is 0 Å². The predicted molar refractivity (Wildman–Crippen MR) is 58.0 cm³/mol. The van der Waals surface area contributed by atoms with E-state index in [1.165, 1.54) is 32.4 Å². The molecular weight excluding hydrogens is 160 g/mol. The molecule has 2 nitrogen and oxygen atoms in total. The normalized spacial score (nSPS) is 22.5. The fourth-order valence-corrected chi connectivity index (χ4v) is 1.90. The molecule has 1 atom stereocenters. The first-order valence-electron chi connectivity index (χ1n) is 5.43. The van der Waals surface area contributed by atoms with Gasteiger partial charge in [0.25, 0.3) is 0 Å². The zero-order valence-corrected chi connectivity index (χ0v) is 8.76. The van der Waals surface area contributed by atoms with E-state index in [-0.39, 0.29) is 0 Å². The Bertz CT molecular complexity index is 139. The minimum Gasteiger partial charge on any atom is -0.314 e. The number of nitrogens with zero attached hydrogens (tertiary/aromatic N) is 1. The molecule has 0 aromatic carbocycles. The Hall–Kier alpha value is -0.340. The second-order valence-corrected chi connectivity index (χ2v) is 3.76. The summed E-state index contributed by atoms with van der Waals surface area (Å²) in [5.74, 6) is 0. The summed E-state index contributed by atoms with van der Waals surface area (Å²) in [7, 11) is 0. The van der Waals surface area contributed by atoms with Gasteiger partial charge < -0.3 is 5.32 Å². The van der Waals surface area contributed by atoms with Crippen LogP contribution in [0.5, 0.6) is 0 Å². The molecule has 0 aliphatic carbocycles. The third kappa shape index (κ3) is 3.92. The molecule has 76 valence electrons. The number of likely N-dealkylation sites (N-methyl/N-ethyl adjacent to an activating group) is 1. The Kier molecular flexibility index (Phi) is 5.09. The summed E-state index contributed by atoms with van der Waals surface area (Å²) >= 11 is 0. The van der Waals surface area contributed by atoms with Crippen LogP contribution in [0, 0.1) is 0 Å². The quantitative estimate of drug-likeness (QED) is 0.628. The van der Waals surface area contributed by atoms with Gasteiger partial charge in [0.1, 0.15) is 0 Å². The van der Waals surface area contributed by atoms with Crippen LogP contribution < -0.4 is 5.32 Å². The van der Waals surface area contributed by atoms with E-state index in [0.29, 0.717) is 0 Å². The minimum absolute atomic E-state index is 0.777. The smallest absolute Gasteiger partial charge is 0.0160 e. The molecular formula is C11H22N2. The fourth-order valence-electron chi connectivity index (χ4n) is 1.90. The lowest BCUT2D eigenvalue weighted by molar-refractivity contribution is 0.299. The lowest BCUT2D eigenvalue weighted by atomic mass is 10.1. The molecule has 0 bridgehead atoms. The molecule has 1 saturated heterocycles. The van der Waals surface area contributed by atoms with E-state index in [1.54, 1.807) is 0 Å². The predicted octanol–water partition coefficient (Wildman–Crippen LogP) is 1.64. The number of hydrogen-bond donors (Lipinski definition) is 1. The summed E-state index contributed by atoms with van der Waals surface area (Å²) in [4.78, 5) is 2.44. The van der Waals surface area contributed by atoms with Crippen molar-refractivity contribution in [1.29, 1.82) is 0 Å². The van der Waals surface area contributed by atoms with Gasteiger partial charge in [-0.3, -0.25) is 4.90 Å². The van der Waals surface area contributed by atoms with E-state index >= 15 is 0 Å². The van der Waals surface area contributed by atoms with Gasteiger partial charge in [0.05, 0.1) is 0 Å². The molecule has 0 radical (unpaired) electrons. The summed E-state index contributed by atoms with van der Waals surface area (Å²) in [6, 6.07) is 0.777. The van der Waals surface area contributed by atoms with Crippen molar-refractivity contribution in [2.45, 2.75) is 32.2 Å². The van der Waals surface area contributed by atoms with Crippen molar-refractivity contribution >= 4 is 0 Å². The largest absolute Gasteiger partial charge is 0.314 e. The highest BCUT2D eigenvalue weighted by Crippen LogP contribution is 2.09. The third-order valence-corrected chi connectivity index (χ3v) is 2.79.